The summed E-state index contributed by atoms with van der Waals surface area (Å²) in [5.41, 5.74) is 0.465. The van der Waals surface area contributed by atoms with Gasteiger partial charge in [-0.05, 0) is 24.3 Å². The Morgan fingerprint density at radius 2 is 1.88 bits per heavy atom. The van der Waals surface area contributed by atoms with E-state index in [2.05, 4.69) is 5.32 Å². The first kappa shape index (κ1) is 20.0. The number of ether oxygens (including phenoxy) is 2. The van der Waals surface area contributed by atoms with E-state index in [9.17, 15) is 17.6 Å². The van der Waals surface area contributed by atoms with Crippen molar-refractivity contribution < 1.29 is 27.1 Å². The van der Waals surface area contributed by atoms with E-state index >= 15 is 0 Å². The molecule has 0 bridgehead atoms. The van der Waals surface area contributed by atoms with E-state index < -0.39 is 21.6 Å². The van der Waals surface area contributed by atoms with Crippen LogP contribution in [0.1, 0.15) is 0 Å². The smallest absolute Gasteiger partial charge is 0.262 e. The van der Waals surface area contributed by atoms with Crippen LogP contribution >= 0.6 is 11.6 Å². The standard InChI is InChI=1S/C17H17ClFNO5S/c1-26(22,23)8-7-24-13-4-2-3-12(9-13)20-17(21)11-25-14-5-6-16(19)15(18)10-14/h2-6,9-10H,7-8,11H2,1H3,(H,20,21). The van der Waals surface area contributed by atoms with Crippen molar-refractivity contribution in [1.29, 1.82) is 0 Å². The Hall–Kier alpha value is -2.32. The second-order valence-corrected chi connectivity index (χ2v) is 8.09. The minimum atomic E-state index is -3.11. The van der Waals surface area contributed by atoms with Crippen molar-refractivity contribution in [3.05, 3.63) is 53.3 Å². The largest absolute Gasteiger partial charge is 0.492 e. The summed E-state index contributed by atoms with van der Waals surface area (Å²) in [6.07, 6.45) is 1.13. The van der Waals surface area contributed by atoms with Gasteiger partial charge in [0.2, 0.25) is 0 Å². The summed E-state index contributed by atoms with van der Waals surface area (Å²) < 4.78 is 45.8. The second-order valence-electron chi connectivity index (χ2n) is 5.42. The van der Waals surface area contributed by atoms with Gasteiger partial charge in [-0.25, -0.2) is 12.8 Å². The van der Waals surface area contributed by atoms with E-state index in [1.807, 2.05) is 0 Å². The highest BCUT2D eigenvalue weighted by Crippen LogP contribution is 2.21. The summed E-state index contributed by atoms with van der Waals surface area (Å²) in [4.78, 5) is 11.9. The van der Waals surface area contributed by atoms with Crippen molar-refractivity contribution in [2.45, 2.75) is 0 Å². The molecule has 0 radical (unpaired) electrons. The molecule has 0 unspecified atom stereocenters. The summed E-state index contributed by atoms with van der Waals surface area (Å²) >= 11 is 5.64. The Bertz CT molecular complexity index is 888. The van der Waals surface area contributed by atoms with Gasteiger partial charge < -0.3 is 14.8 Å². The van der Waals surface area contributed by atoms with Gasteiger partial charge in [-0.3, -0.25) is 4.79 Å². The first-order valence-corrected chi connectivity index (χ1v) is 9.95. The fourth-order valence-corrected chi connectivity index (χ4v) is 2.44. The number of nitrogens with one attached hydrogen (secondary N) is 1. The maximum absolute atomic E-state index is 13.1. The SMILES string of the molecule is CS(=O)(=O)CCOc1cccc(NC(=O)COc2ccc(F)c(Cl)c2)c1. The number of hydrogen-bond donors (Lipinski definition) is 1. The number of benzene rings is 2. The summed E-state index contributed by atoms with van der Waals surface area (Å²) in [5, 5.41) is 2.52. The van der Waals surface area contributed by atoms with Gasteiger partial charge in [0.15, 0.2) is 16.4 Å². The number of carbonyl (C=O) groups is 1. The van der Waals surface area contributed by atoms with Gasteiger partial charge in [-0.2, -0.15) is 0 Å². The van der Waals surface area contributed by atoms with Crippen LogP contribution < -0.4 is 14.8 Å². The Balaban J connectivity index is 1.86. The summed E-state index contributed by atoms with van der Waals surface area (Å²) in [7, 11) is -3.11. The van der Waals surface area contributed by atoms with Crippen LogP contribution in [0.3, 0.4) is 0 Å². The highest BCUT2D eigenvalue weighted by Gasteiger charge is 2.07. The van der Waals surface area contributed by atoms with Gasteiger partial charge in [-0.15, -0.1) is 0 Å². The number of hydrogen-bond acceptors (Lipinski definition) is 5. The molecule has 140 valence electrons. The lowest BCUT2D eigenvalue weighted by Gasteiger charge is -2.10. The van der Waals surface area contributed by atoms with Crippen LogP contribution in [0.15, 0.2) is 42.5 Å². The lowest BCUT2D eigenvalue weighted by Crippen LogP contribution is -2.20. The lowest BCUT2D eigenvalue weighted by atomic mass is 10.3. The van der Waals surface area contributed by atoms with Gasteiger partial charge in [0.1, 0.15) is 23.9 Å². The lowest BCUT2D eigenvalue weighted by molar-refractivity contribution is -0.118. The fraction of sp³-hybridized carbons (Fsp3) is 0.235. The molecule has 2 rings (SSSR count). The van der Waals surface area contributed by atoms with Crippen molar-refractivity contribution in [3.8, 4) is 11.5 Å². The van der Waals surface area contributed by atoms with Gasteiger partial charge >= 0.3 is 0 Å². The van der Waals surface area contributed by atoms with Crippen molar-refractivity contribution in [1.82, 2.24) is 0 Å². The van der Waals surface area contributed by atoms with Gasteiger partial charge in [0.05, 0.1) is 10.8 Å². The average molecular weight is 402 g/mol. The molecule has 0 aliphatic heterocycles. The van der Waals surface area contributed by atoms with Gasteiger partial charge in [0.25, 0.3) is 5.91 Å². The van der Waals surface area contributed by atoms with Crippen LogP contribution in [-0.4, -0.2) is 39.5 Å². The van der Waals surface area contributed by atoms with Crippen LogP contribution in [0.2, 0.25) is 5.02 Å². The minimum Gasteiger partial charge on any atom is -0.492 e. The van der Waals surface area contributed by atoms with E-state index in [0.29, 0.717) is 11.4 Å². The Morgan fingerprint density at radius 3 is 2.58 bits per heavy atom. The van der Waals surface area contributed by atoms with Crippen LogP contribution in [0.5, 0.6) is 11.5 Å². The molecule has 2 aromatic rings. The molecule has 0 fully saturated rings. The first-order chi connectivity index (χ1) is 12.2. The molecule has 0 spiro atoms. The second kappa shape index (κ2) is 8.86. The molecule has 1 amide bonds. The molecule has 26 heavy (non-hydrogen) atoms. The van der Waals surface area contributed by atoms with E-state index in [4.69, 9.17) is 21.1 Å². The van der Waals surface area contributed by atoms with Crippen LogP contribution in [0.25, 0.3) is 0 Å². The maximum Gasteiger partial charge on any atom is 0.262 e. The maximum atomic E-state index is 13.1. The van der Waals surface area contributed by atoms with E-state index in [0.717, 1.165) is 12.3 Å². The number of halogens is 2. The number of sulfone groups is 1. The van der Waals surface area contributed by atoms with Crippen LogP contribution in [0, 0.1) is 5.82 Å². The minimum absolute atomic E-state index is 0.0185. The predicted octanol–water partition coefficient (Wildman–Crippen LogP) is 2.92. The predicted molar refractivity (Wildman–Crippen MR) is 97.2 cm³/mol. The van der Waals surface area contributed by atoms with Crippen molar-refractivity contribution in [3.63, 3.8) is 0 Å². The fourth-order valence-electron chi connectivity index (χ4n) is 1.89. The molecule has 0 saturated carbocycles. The summed E-state index contributed by atoms with van der Waals surface area (Å²) in [5.74, 6) is -0.408. The molecule has 0 aliphatic carbocycles. The Kier molecular flexibility index (Phi) is 6.82. The molecule has 9 heteroatoms. The van der Waals surface area contributed by atoms with E-state index in [1.165, 1.54) is 12.1 Å². The zero-order valence-electron chi connectivity index (χ0n) is 13.9. The molecule has 0 heterocycles. The Labute approximate surface area is 155 Å². The summed E-state index contributed by atoms with van der Waals surface area (Å²) in [6.45, 7) is -0.272. The Morgan fingerprint density at radius 1 is 1.15 bits per heavy atom. The van der Waals surface area contributed by atoms with Crippen molar-refractivity contribution in [2.75, 3.05) is 30.5 Å². The third kappa shape index (κ3) is 6.89. The van der Waals surface area contributed by atoms with Crippen molar-refractivity contribution in [2.24, 2.45) is 0 Å². The highest BCUT2D eigenvalue weighted by atomic mass is 35.5. The molecule has 1 N–H and O–H groups in total. The van der Waals surface area contributed by atoms with Crippen molar-refractivity contribution >= 4 is 33.0 Å². The van der Waals surface area contributed by atoms with Crippen LogP contribution in [-0.2, 0) is 14.6 Å². The van der Waals surface area contributed by atoms with E-state index in [-0.39, 0.29) is 29.7 Å². The number of rotatable bonds is 8. The molecule has 2 aromatic carbocycles. The monoisotopic (exact) mass is 401 g/mol. The molecule has 0 aromatic heterocycles. The van der Waals surface area contributed by atoms with Gasteiger partial charge in [-0.1, -0.05) is 17.7 Å². The summed E-state index contributed by atoms with van der Waals surface area (Å²) in [6, 6.07) is 10.3. The quantitative estimate of drug-likeness (QED) is 0.735. The number of amides is 1. The zero-order valence-corrected chi connectivity index (χ0v) is 15.4. The third-order valence-corrected chi connectivity index (χ3v) is 4.30. The highest BCUT2D eigenvalue weighted by molar-refractivity contribution is 7.90. The average Bonchev–Trinajstić information content (AvgIpc) is 2.55. The van der Waals surface area contributed by atoms with Crippen LogP contribution in [0.4, 0.5) is 10.1 Å². The molecule has 0 saturated heterocycles. The number of anilines is 1. The molecule has 0 atom stereocenters. The first-order valence-electron chi connectivity index (χ1n) is 7.51. The zero-order chi connectivity index (χ0) is 19.2. The molecule has 6 nitrogen and oxygen atoms in total. The van der Waals surface area contributed by atoms with E-state index in [1.54, 1.807) is 24.3 Å². The molecule has 0 aliphatic rings. The number of carbonyl (C=O) groups excluding carboxylic acids is 1. The molecular weight excluding hydrogens is 385 g/mol. The molecular formula is C17H17ClFNO5S. The van der Waals surface area contributed by atoms with Gasteiger partial charge in [0, 0.05) is 24.1 Å². The topological polar surface area (TPSA) is 81.7 Å². The normalized spacial score (nSPS) is 11.0. The third-order valence-electron chi connectivity index (χ3n) is 3.10.